The van der Waals surface area contributed by atoms with Crippen LogP contribution in [0.15, 0.2) is 18.2 Å². The van der Waals surface area contributed by atoms with Gasteiger partial charge in [-0.15, -0.1) is 0 Å². The lowest BCUT2D eigenvalue weighted by Gasteiger charge is -2.08. The largest absolute Gasteiger partial charge is 0.492 e. The number of unbranched alkanes of at least 4 members (excludes halogenated alkanes) is 2. The molecule has 0 spiro atoms. The summed E-state index contributed by atoms with van der Waals surface area (Å²) < 4.78 is 6.50. The number of hydrogen-bond acceptors (Lipinski definition) is 2. The Hall–Kier alpha value is -0.780. The van der Waals surface area contributed by atoms with Gasteiger partial charge in [-0.1, -0.05) is 19.8 Å². The quantitative estimate of drug-likeness (QED) is 0.639. The summed E-state index contributed by atoms with van der Waals surface area (Å²) in [4.78, 5) is 10.8. The molecule has 4 heteroatoms. The van der Waals surface area contributed by atoms with Gasteiger partial charge in [-0.05, 0) is 47.2 Å². The monoisotopic (exact) mass is 334 g/mol. The van der Waals surface area contributed by atoms with Crippen LogP contribution in [0.1, 0.15) is 36.5 Å². The van der Waals surface area contributed by atoms with Crippen LogP contribution in [0.4, 0.5) is 0 Å². The highest BCUT2D eigenvalue weighted by molar-refractivity contribution is 14.1. The molecule has 0 aliphatic carbocycles. The number of halogens is 1. The molecule has 0 atom stereocenters. The van der Waals surface area contributed by atoms with E-state index < -0.39 is 5.97 Å². The molecule has 0 unspecified atom stereocenters. The zero-order valence-corrected chi connectivity index (χ0v) is 11.4. The second-order valence-electron chi connectivity index (χ2n) is 3.51. The fourth-order valence-electron chi connectivity index (χ4n) is 1.28. The fourth-order valence-corrected chi connectivity index (χ4v) is 1.77. The number of carbonyl (C=O) groups is 1. The second-order valence-corrected chi connectivity index (χ2v) is 4.67. The van der Waals surface area contributed by atoms with Gasteiger partial charge < -0.3 is 9.84 Å². The molecule has 0 aromatic heterocycles. The molecular formula is C12H15IO3. The third-order valence-corrected chi connectivity index (χ3v) is 3.07. The van der Waals surface area contributed by atoms with E-state index in [-0.39, 0.29) is 5.56 Å². The van der Waals surface area contributed by atoms with Crippen molar-refractivity contribution in [3.05, 3.63) is 27.3 Å². The van der Waals surface area contributed by atoms with Gasteiger partial charge in [-0.3, -0.25) is 0 Å². The van der Waals surface area contributed by atoms with Crippen LogP contribution >= 0.6 is 22.6 Å². The van der Waals surface area contributed by atoms with E-state index in [1.54, 1.807) is 18.2 Å². The molecule has 1 aromatic carbocycles. The van der Waals surface area contributed by atoms with Crippen molar-refractivity contribution in [1.82, 2.24) is 0 Å². The maximum absolute atomic E-state index is 10.8. The molecule has 0 aliphatic heterocycles. The molecule has 0 heterocycles. The molecule has 0 saturated heterocycles. The van der Waals surface area contributed by atoms with Crippen molar-refractivity contribution < 1.29 is 14.6 Å². The van der Waals surface area contributed by atoms with Gasteiger partial charge in [0.25, 0.3) is 0 Å². The SMILES string of the molecule is CCCCCOc1cc(C(=O)O)ccc1I. The van der Waals surface area contributed by atoms with E-state index in [2.05, 4.69) is 29.5 Å². The van der Waals surface area contributed by atoms with Gasteiger partial charge in [0, 0.05) is 0 Å². The summed E-state index contributed by atoms with van der Waals surface area (Å²) in [5, 5.41) is 8.85. The minimum absolute atomic E-state index is 0.269. The van der Waals surface area contributed by atoms with Gasteiger partial charge in [0.1, 0.15) is 5.75 Å². The Morgan fingerprint density at radius 2 is 2.19 bits per heavy atom. The predicted octanol–water partition coefficient (Wildman–Crippen LogP) is 3.56. The molecule has 16 heavy (non-hydrogen) atoms. The Balaban J connectivity index is 2.63. The fraction of sp³-hybridized carbons (Fsp3) is 0.417. The molecule has 0 amide bonds. The van der Waals surface area contributed by atoms with Crippen molar-refractivity contribution in [3.63, 3.8) is 0 Å². The summed E-state index contributed by atoms with van der Waals surface area (Å²) in [5.41, 5.74) is 0.269. The predicted molar refractivity (Wildman–Crippen MR) is 71.1 cm³/mol. The highest BCUT2D eigenvalue weighted by Gasteiger charge is 2.07. The molecule has 1 aromatic rings. The lowest BCUT2D eigenvalue weighted by atomic mass is 10.2. The number of aromatic carboxylic acids is 1. The normalized spacial score (nSPS) is 10.1. The first kappa shape index (κ1) is 13.3. The van der Waals surface area contributed by atoms with Crippen LogP contribution in [0.25, 0.3) is 0 Å². The first-order valence-electron chi connectivity index (χ1n) is 5.30. The van der Waals surface area contributed by atoms with Crippen LogP contribution in [0.5, 0.6) is 5.75 Å². The average molecular weight is 334 g/mol. The van der Waals surface area contributed by atoms with Gasteiger partial charge >= 0.3 is 5.97 Å². The third kappa shape index (κ3) is 4.00. The van der Waals surface area contributed by atoms with Crippen LogP contribution in [0.3, 0.4) is 0 Å². The van der Waals surface area contributed by atoms with E-state index in [1.807, 2.05) is 0 Å². The lowest BCUT2D eigenvalue weighted by Crippen LogP contribution is -2.02. The van der Waals surface area contributed by atoms with Gasteiger partial charge in [0.05, 0.1) is 15.7 Å². The highest BCUT2D eigenvalue weighted by Crippen LogP contribution is 2.22. The molecule has 1 rings (SSSR count). The Bertz CT molecular complexity index is 363. The van der Waals surface area contributed by atoms with E-state index in [9.17, 15) is 4.79 Å². The topological polar surface area (TPSA) is 46.5 Å². The van der Waals surface area contributed by atoms with Crippen molar-refractivity contribution in [1.29, 1.82) is 0 Å². The van der Waals surface area contributed by atoms with E-state index in [0.717, 1.165) is 22.8 Å². The van der Waals surface area contributed by atoms with Gasteiger partial charge in [-0.2, -0.15) is 0 Å². The van der Waals surface area contributed by atoms with Crippen LogP contribution < -0.4 is 4.74 Å². The number of hydrogen-bond donors (Lipinski definition) is 1. The van der Waals surface area contributed by atoms with Gasteiger partial charge in [0.15, 0.2) is 0 Å². The Morgan fingerprint density at radius 1 is 1.44 bits per heavy atom. The third-order valence-electron chi connectivity index (χ3n) is 2.18. The van der Waals surface area contributed by atoms with E-state index in [4.69, 9.17) is 9.84 Å². The minimum Gasteiger partial charge on any atom is -0.492 e. The standard InChI is InChI=1S/C12H15IO3/c1-2-3-4-7-16-11-8-9(12(14)15)5-6-10(11)13/h5-6,8H,2-4,7H2,1H3,(H,14,15). The average Bonchev–Trinajstić information content (AvgIpc) is 2.26. The van der Waals surface area contributed by atoms with Crippen molar-refractivity contribution >= 4 is 28.6 Å². The summed E-state index contributed by atoms with van der Waals surface area (Å²) in [7, 11) is 0. The summed E-state index contributed by atoms with van der Waals surface area (Å²) in [6, 6.07) is 4.93. The zero-order valence-electron chi connectivity index (χ0n) is 9.20. The molecule has 1 N–H and O–H groups in total. The summed E-state index contributed by atoms with van der Waals surface area (Å²) in [6.07, 6.45) is 3.29. The Morgan fingerprint density at radius 3 is 2.81 bits per heavy atom. The van der Waals surface area contributed by atoms with Crippen molar-refractivity contribution in [3.8, 4) is 5.75 Å². The van der Waals surface area contributed by atoms with Crippen molar-refractivity contribution in [2.75, 3.05) is 6.61 Å². The Labute approximate surface area is 109 Å². The maximum atomic E-state index is 10.8. The van der Waals surface area contributed by atoms with Crippen molar-refractivity contribution in [2.45, 2.75) is 26.2 Å². The number of benzene rings is 1. The summed E-state index contributed by atoms with van der Waals surface area (Å²) in [6.45, 7) is 2.78. The molecular weight excluding hydrogens is 319 g/mol. The molecule has 0 fully saturated rings. The van der Waals surface area contributed by atoms with Gasteiger partial charge in [0.2, 0.25) is 0 Å². The molecule has 88 valence electrons. The van der Waals surface area contributed by atoms with E-state index in [0.29, 0.717) is 12.4 Å². The molecule has 3 nitrogen and oxygen atoms in total. The highest BCUT2D eigenvalue weighted by atomic mass is 127. The lowest BCUT2D eigenvalue weighted by molar-refractivity contribution is 0.0696. The second kappa shape index (κ2) is 6.73. The molecule has 0 bridgehead atoms. The number of carboxylic acid groups (broad SMARTS) is 1. The van der Waals surface area contributed by atoms with Crippen LogP contribution in [-0.4, -0.2) is 17.7 Å². The Kier molecular flexibility index (Phi) is 5.59. The van der Waals surface area contributed by atoms with Crippen LogP contribution in [-0.2, 0) is 0 Å². The minimum atomic E-state index is -0.921. The first-order valence-corrected chi connectivity index (χ1v) is 6.38. The molecule has 0 aliphatic rings. The zero-order chi connectivity index (χ0) is 12.0. The van der Waals surface area contributed by atoms with Gasteiger partial charge in [-0.25, -0.2) is 4.79 Å². The van der Waals surface area contributed by atoms with Crippen LogP contribution in [0.2, 0.25) is 0 Å². The smallest absolute Gasteiger partial charge is 0.335 e. The summed E-state index contributed by atoms with van der Waals surface area (Å²) in [5.74, 6) is -0.258. The number of ether oxygens (including phenoxy) is 1. The number of carboxylic acids is 1. The maximum Gasteiger partial charge on any atom is 0.335 e. The van der Waals surface area contributed by atoms with Crippen LogP contribution in [0, 0.1) is 3.57 Å². The molecule has 0 radical (unpaired) electrons. The number of rotatable bonds is 6. The van der Waals surface area contributed by atoms with E-state index in [1.165, 1.54) is 0 Å². The first-order chi connectivity index (χ1) is 7.65. The van der Waals surface area contributed by atoms with E-state index >= 15 is 0 Å². The summed E-state index contributed by atoms with van der Waals surface area (Å²) >= 11 is 2.14. The van der Waals surface area contributed by atoms with Crippen molar-refractivity contribution in [2.24, 2.45) is 0 Å². The molecule has 0 saturated carbocycles.